The Morgan fingerprint density at radius 1 is 1.22 bits per heavy atom. The number of rotatable bonds is 4. The molecule has 2 aliphatic rings. The van der Waals surface area contributed by atoms with Gasteiger partial charge in [-0.05, 0) is 44.5 Å². The molecule has 7 heteroatoms. The average Bonchev–Trinajstić information content (AvgIpc) is 3.04. The number of nitrogens with one attached hydrogen (secondary N) is 2. The van der Waals surface area contributed by atoms with Crippen molar-refractivity contribution < 1.29 is 9.47 Å². The van der Waals surface area contributed by atoms with Gasteiger partial charge in [-0.15, -0.1) is 0 Å². The van der Waals surface area contributed by atoms with Crippen molar-refractivity contribution in [1.29, 1.82) is 0 Å². The summed E-state index contributed by atoms with van der Waals surface area (Å²) in [7, 11) is 2.00. The zero-order chi connectivity index (χ0) is 19.0. The Morgan fingerprint density at radius 3 is 2.74 bits per heavy atom. The number of hydrogen-bond acceptors (Lipinski definition) is 6. The number of ether oxygens (including phenoxy) is 2. The van der Waals surface area contributed by atoms with Crippen molar-refractivity contribution in [2.24, 2.45) is 0 Å². The normalized spacial score (nSPS) is 17.8. The Kier molecular flexibility index (Phi) is 4.70. The van der Waals surface area contributed by atoms with Crippen LogP contribution in [0.5, 0.6) is 5.75 Å². The second-order valence-corrected chi connectivity index (χ2v) is 7.34. The van der Waals surface area contributed by atoms with E-state index in [1.807, 2.05) is 25.9 Å². The van der Waals surface area contributed by atoms with Gasteiger partial charge in [0.15, 0.2) is 0 Å². The first-order valence-electron chi connectivity index (χ1n) is 9.42. The van der Waals surface area contributed by atoms with E-state index in [1.54, 1.807) is 0 Å². The molecular formula is C20H27N5O2. The van der Waals surface area contributed by atoms with Gasteiger partial charge in [0.1, 0.15) is 11.4 Å². The number of allylic oxidation sites excluding steroid dienone is 1. The van der Waals surface area contributed by atoms with Crippen LogP contribution in [0.4, 0.5) is 0 Å². The van der Waals surface area contributed by atoms with Crippen molar-refractivity contribution in [2.75, 3.05) is 33.4 Å². The zero-order valence-corrected chi connectivity index (χ0v) is 16.4. The fraction of sp³-hybridized carbons (Fsp3) is 0.450. The molecule has 3 heterocycles. The number of benzene rings is 1. The van der Waals surface area contributed by atoms with Gasteiger partial charge in [-0.1, -0.05) is 0 Å². The lowest BCUT2D eigenvalue weighted by Gasteiger charge is -2.34. The molecule has 0 bridgehead atoms. The topological polar surface area (TPSA) is 65.7 Å². The molecular weight excluding hydrogens is 342 g/mol. The molecule has 0 spiro atoms. The first-order valence-corrected chi connectivity index (χ1v) is 9.42. The van der Waals surface area contributed by atoms with Gasteiger partial charge in [0.2, 0.25) is 0 Å². The number of nitrogens with zero attached hydrogens (tertiary/aromatic N) is 3. The first-order chi connectivity index (χ1) is 13.0. The van der Waals surface area contributed by atoms with Crippen LogP contribution in [0, 0.1) is 6.92 Å². The summed E-state index contributed by atoms with van der Waals surface area (Å²) in [6, 6.07) is 4.17. The Morgan fingerprint density at radius 2 is 2.00 bits per heavy atom. The van der Waals surface area contributed by atoms with Crippen LogP contribution < -0.4 is 10.2 Å². The van der Waals surface area contributed by atoms with Crippen LogP contribution in [0.1, 0.15) is 25.1 Å². The van der Waals surface area contributed by atoms with E-state index >= 15 is 0 Å². The third-order valence-electron chi connectivity index (χ3n) is 4.77. The standard InChI is InChI=1S/C20H27N5O2/c1-13(2)27-19-11-16-17(9-14(19)3)21-22-20(16)18-10-15(12-24(4)23-18)25-5-7-26-8-6-25/h9-13,23H,5-8H2,1-4H3,(H,21,22). The fourth-order valence-corrected chi connectivity index (χ4v) is 3.49. The number of H-pyrrole nitrogens is 1. The molecule has 0 unspecified atom stereocenters. The Bertz CT molecular complexity index is 893. The quantitative estimate of drug-likeness (QED) is 0.864. The molecule has 1 aromatic heterocycles. The number of aryl methyl sites for hydroxylation is 1. The van der Waals surface area contributed by atoms with Gasteiger partial charge in [-0.25, -0.2) is 0 Å². The minimum Gasteiger partial charge on any atom is -0.491 e. The van der Waals surface area contributed by atoms with Crippen LogP contribution >= 0.6 is 0 Å². The minimum absolute atomic E-state index is 0.130. The molecule has 0 amide bonds. The number of hydrogen-bond donors (Lipinski definition) is 2. The molecule has 1 fully saturated rings. The van der Waals surface area contributed by atoms with Gasteiger partial charge in [-0.3, -0.25) is 15.5 Å². The minimum atomic E-state index is 0.130. The summed E-state index contributed by atoms with van der Waals surface area (Å²) in [5.74, 6) is 0.897. The largest absolute Gasteiger partial charge is 0.491 e. The highest BCUT2D eigenvalue weighted by Gasteiger charge is 2.21. The third kappa shape index (κ3) is 3.60. The predicted octanol–water partition coefficient (Wildman–Crippen LogP) is 2.62. The van der Waals surface area contributed by atoms with E-state index in [4.69, 9.17) is 9.47 Å². The fourth-order valence-electron chi connectivity index (χ4n) is 3.49. The van der Waals surface area contributed by atoms with Crippen molar-refractivity contribution in [2.45, 2.75) is 26.9 Å². The summed E-state index contributed by atoms with van der Waals surface area (Å²) < 4.78 is 11.5. The van der Waals surface area contributed by atoms with Crippen LogP contribution in [-0.2, 0) is 4.74 Å². The summed E-state index contributed by atoms with van der Waals surface area (Å²) in [5.41, 5.74) is 8.52. The van der Waals surface area contributed by atoms with E-state index < -0.39 is 0 Å². The van der Waals surface area contributed by atoms with Gasteiger partial charge in [0.25, 0.3) is 0 Å². The highest BCUT2D eigenvalue weighted by Crippen LogP contribution is 2.31. The molecule has 0 saturated carbocycles. The van der Waals surface area contributed by atoms with Crippen molar-refractivity contribution in [3.63, 3.8) is 0 Å². The van der Waals surface area contributed by atoms with Crippen LogP contribution in [0.3, 0.4) is 0 Å². The number of morpholine rings is 1. The SMILES string of the molecule is Cc1cc2[nH]nc(C3=CC(N4CCOCC4)=CN(C)N3)c2cc1OC(C)C. The maximum Gasteiger partial charge on any atom is 0.123 e. The molecule has 144 valence electrons. The summed E-state index contributed by atoms with van der Waals surface area (Å²) in [5, 5.41) is 10.8. The van der Waals surface area contributed by atoms with Crippen molar-refractivity contribution in [3.8, 4) is 5.75 Å². The summed E-state index contributed by atoms with van der Waals surface area (Å²) in [6.07, 6.45) is 4.38. The van der Waals surface area contributed by atoms with Crippen LogP contribution in [0.25, 0.3) is 16.6 Å². The second kappa shape index (κ2) is 7.15. The van der Waals surface area contributed by atoms with Crippen molar-refractivity contribution in [3.05, 3.63) is 41.4 Å². The number of aromatic nitrogens is 2. The molecule has 27 heavy (non-hydrogen) atoms. The molecule has 2 aliphatic heterocycles. The molecule has 0 radical (unpaired) electrons. The van der Waals surface area contributed by atoms with E-state index in [1.165, 1.54) is 0 Å². The van der Waals surface area contributed by atoms with E-state index in [2.05, 4.69) is 51.9 Å². The smallest absolute Gasteiger partial charge is 0.123 e. The van der Waals surface area contributed by atoms with Crippen LogP contribution in [0.15, 0.2) is 30.1 Å². The maximum atomic E-state index is 5.98. The number of fused-ring (bicyclic) bond motifs is 1. The third-order valence-corrected chi connectivity index (χ3v) is 4.77. The molecule has 0 aliphatic carbocycles. The highest BCUT2D eigenvalue weighted by molar-refractivity contribution is 5.92. The zero-order valence-electron chi connectivity index (χ0n) is 16.4. The van der Waals surface area contributed by atoms with Crippen LogP contribution in [-0.4, -0.2) is 59.6 Å². The molecule has 2 N–H and O–H groups in total. The summed E-state index contributed by atoms with van der Waals surface area (Å²) >= 11 is 0. The Labute approximate surface area is 159 Å². The molecule has 2 aromatic rings. The predicted molar refractivity (Wildman–Crippen MR) is 106 cm³/mol. The number of hydrazine groups is 1. The molecule has 1 saturated heterocycles. The lowest BCUT2D eigenvalue weighted by atomic mass is 10.1. The molecule has 1 aromatic carbocycles. The van der Waals surface area contributed by atoms with E-state index in [9.17, 15) is 0 Å². The molecule has 4 rings (SSSR count). The monoisotopic (exact) mass is 369 g/mol. The van der Waals surface area contributed by atoms with Crippen molar-refractivity contribution in [1.82, 2.24) is 25.5 Å². The highest BCUT2D eigenvalue weighted by atomic mass is 16.5. The average molecular weight is 369 g/mol. The van der Waals surface area contributed by atoms with E-state index in [-0.39, 0.29) is 6.10 Å². The van der Waals surface area contributed by atoms with Gasteiger partial charge in [-0.2, -0.15) is 5.10 Å². The Balaban J connectivity index is 1.72. The van der Waals surface area contributed by atoms with Gasteiger partial charge >= 0.3 is 0 Å². The lowest BCUT2D eigenvalue weighted by Crippen LogP contribution is -2.39. The summed E-state index contributed by atoms with van der Waals surface area (Å²) in [4.78, 5) is 2.34. The van der Waals surface area contributed by atoms with E-state index in [0.29, 0.717) is 0 Å². The number of aromatic amines is 1. The van der Waals surface area contributed by atoms with Gasteiger partial charge in [0.05, 0.1) is 36.2 Å². The second-order valence-electron chi connectivity index (χ2n) is 7.34. The first kappa shape index (κ1) is 17.7. The van der Waals surface area contributed by atoms with Crippen molar-refractivity contribution >= 4 is 16.6 Å². The van der Waals surface area contributed by atoms with Gasteiger partial charge < -0.3 is 14.4 Å². The maximum absolute atomic E-state index is 5.98. The Hall–Kier alpha value is -2.67. The molecule has 0 atom stereocenters. The molecule has 7 nitrogen and oxygen atoms in total. The lowest BCUT2D eigenvalue weighted by molar-refractivity contribution is 0.0542. The van der Waals surface area contributed by atoms with Crippen LogP contribution in [0.2, 0.25) is 0 Å². The van der Waals surface area contributed by atoms with Gasteiger partial charge in [0, 0.05) is 31.7 Å². The summed E-state index contributed by atoms with van der Waals surface area (Å²) in [6.45, 7) is 9.46. The van der Waals surface area contributed by atoms with E-state index in [0.717, 1.165) is 65.6 Å².